The number of rotatable bonds is 4. The first-order valence-corrected chi connectivity index (χ1v) is 10.6. The van der Waals surface area contributed by atoms with Crippen molar-refractivity contribution < 1.29 is 4.79 Å². The van der Waals surface area contributed by atoms with Crippen molar-refractivity contribution in [2.45, 2.75) is 90.3 Å². The highest BCUT2D eigenvalue weighted by molar-refractivity contribution is 6.90. The van der Waals surface area contributed by atoms with Crippen LogP contribution in [-0.4, -0.2) is 13.9 Å². The smallest absolute Gasteiger partial charge is 0.207 e. The van der Waals surface area contributed by atoms with Crippen LogP contribution in [0.3, 0.4) is 0 Å². The number of hydrogen-bond acceptors (Lipinski definition) is 1. The summed E-state index contributed by atoms with van der Waals surface area (Å²) in [5, 5.41) is 0. The van der Waals surface area contributed by atoms with E-state index < -0.39 is 8.07 Å². The van der Waals surface area contributed by atoms with Gasteiger partial charge in [0.1, 0.15) is 8.07 Å². The maximum atomic E-state index is 12.4. The van der Waals surface area contributed by atoms with Crippen LogP contribution in [0, 0.1) is 17.4 Å². The lowest BCUT2D eigenvalue weighted by atomic mass is 9.86. The Morgan fingerprint density at radius 2 is 1.35 bits per heavy atom. The van der Waals surface area contributed by atoms with Gasteiger partial charge >= 0.3 is 0 Å². The van der Waals surface area contributed by atoms with Crippen molar-refractivity contribution in [3.05, 3.63) is 0 Å². The van der Waals surface area contributed by atoms with E-state index >= 15 is 0 Å². The normalized spacial score (nSPS) is 17.4. The quantitative estimate of drug-likeness (QED) is 0.504. The summed E-state index contributed by atoms with van der Waals surface area (Å²) >= 11 is 0. The fourth-order valence-corrected chi connectivity index (χ4v) is 9.28. The lowest BCUT2D eigenvalue weighted by molar-refractivity contribution is -0.118. The summed E-state index contributed by atoms with van der Waals surface area (Å²) in [6.45, 7) is 13.8. The highest BCUT2D eigenvalue weighted by Gasteiger charge is 2.41. The van der Waals surface area contributed by atoms with E-state index in [4.69, 9.17) is 0 Å². The molecule has 0 amide bonds. The molecule has 0 unspecified atom stereocenters. The lowest BCUT2D eigenvalue weighted by Gasteiger charge is -2.38. The zero-order valence-corrected chi connectivity index (χ0v) is 15.3. The van der Waals surface area contributed by atoms with Crippen LogP contribution in [-0.2, 0) is 4.79 Å². The van der Waals surface area contributed by atoms with Crippen LogP contribution in [0.4, 0.5) is 0 Å². The van der Waals surface area contributed by atoms with Gasteiger partial charge in [-0.2, -0.15) is 0 Å². The molecule has 0 aliphatic heterocycles. The van der Waals surface area contributed by atoms with Gasteiger partial charge in [0.25, 0.3) is 0 Å². The Morgan fingerprint density at radius 1 is 0.900 bits per heavy atom. The number of carbonyl (C=O) groups excluding carboxylic acids is 1. The molecule has 0 atom stereocenters. The predicted octanol–water partition coefficient (Wildman–Crippen LogP) is 5.36. The average molecular weight is 293 g/mol. The minimum Gasteiger partial charge on any atom is -0.285 e. The van der Waals surface area contributed by atoms with E-state index in [2.05, 4.69) is 53.0 Å². The average Bonchev–Trinajstić information content (AvgIpc) is 2.38. The summed E-state index contributed by atoms with van der Waals surface area (Å²) in [6.07, 6.45) is 5.83. The predicted molar refractivity (Wildman–Crippen MR) is 90.4 cm³/mol. The molecule has 114 valence electrons. The van der Waals surface area contributed by atoms with Crippen molar-refractivity contribution in [3.63, 3.8) is 0 Å². The molecule has 0 N–H and O–H groups in total. The number of carbonyl (C=O) groups is 1. The summed E-state index contributed by atoms with van der Waals surface area (Å²) in [6, 6.07) is 0. The van der Waals surface area contributed by atoms with Crippen LogP contribution >= 0.6 is 0 Å². The molecule has 0 aromatic carbocycles. The van der Waals surface area contributed by atoms with Crippen LogP contribution in [0.15, 0.2) is 0 Å². The van der Waals surface area contributed by atoms with Crippen molar-refractivity contribution in [1.29, 1.82) is 0 Å². The Morgan fingerprint density at radius 3 is 1.75 bits per heavy atom. The fourth-order valence-electron chi connectivity index (χ4n) is 4.07. The molecule has 1 nitrogen and oxygen atoms in total. The maximum absolute atomic E-state index is 12.4. The van der Waals surface area contributed by atoms with Gasteiger partial charge in [-0.15, -0.1) is 5.54 Å². The first-order chi connectivity index (χ1) is 9.32. The summed E-state index contributed by atoms with van der Waals surface area (Å²) in [5.41, 5.74) is 5.39. The van der Waals surface area contributed by atoms with Crippen LogP contribution in [0.2, 0.25) is 16.6 Å². The second-order valence-corrected chi connectivity index (χ2v) is 12.9. The van der Waals surface area contributed by atoms with Gasteiger partial charge in [-0.05, 0) is 35.4 Å². The van der Waals surface area contributed by atoms with Gasteiger partial charge in [-0.1, -0.05) is 60.8 Å². The highest BCUT2D eigenvalue weighted by atomic mass is 28.3. The Bertz CT molecular complexity index is 356. The Balaban J connectivity index is 2.95. The van der Waals surface area contributed by atoms with Gasteiger partial charge in [0, 0.05) is 5.92 Å². The van der Waals surface area contributed by atoms with Gasteiger partial charge in [0.2, 0.25) is 5.78 Å². The molecule has 1 aliphatic carbocycles. The lowest BCUT2D eigenvalue weighted by Crippen LogP contribution is -2.43. The van der Waals surface area contributed by atoms with E-state index in [-0.39, 0.29) is 11.7 Å². The molecular formula is C18H32OSi. The van der Waals surface area contributed by atoms with Gasteiger partial charge in [0.05, 0.1) is 0 Å². The minimum atomic E-state index is -1.74. The Kier molecular flexibility index (Phi) is 6.52. The summed E-state index contributed by atoms with van der Waals surface area (Å²) in [4.78, 5) is 12.4. The van der Waals surface area contributed by atoms with E-state index in [9.17, 15) is 4.79 Å². The van der Waals surface area contributed by atoms with Gasteiger partial charge < -0.3 is 0 Å². The second kappa shape index (κ2) is 7.45. The summed E-state index contributed by atoms with van der Waals surface area (Å²) < 4.78 is 0. The van der Waals surface area contributed by atoms with E-state index in [0.717, 1.165) is 12.8 Å². The third-order valence-corrected chi connectivity index (χ3v) is 11.5. The number of hydrogen-bond donors (Lipinski definition) is 0. The van der Waals surface area contributed by atoms with Crippen molar-refractivity contribution >= 4 is 13.9 Å². The number of ketones is 1. The fraction of sp³-hybridized carbons (Fsp3) is 0.833. The largest absolute Gasteiger partial charge is 0.285 e. The van der Waals surface area contributed by atoms with Gasteiger partial charge in [0.15, 0.2) is 0 Å². The molecule has 0 radical (unpaired) electrons. The standard InChI is InChI=1S/C18H32OSi/c1-14(2)20(15(3)4,16(5)6)13-12-18(19)17-10-8-7-9-11-17/h14-17H,7-11H2,1-6H3. The molecule has 20 heavy (non-hydrogen) atoms. The maximum Gasteiger partial charge on any atom is 0.207 e. The van der Waals surface area contributed by atoms with Gasteiger partial charge in [-0.25, -0.2) is 0 Å². The minimum absolute atomic E-state index is 0.225. The molecule has 0 heterocycles. The van der Waals surface area contributed by atoms with Crippen LogP contribution in [0.1, 0.15) is 73.6 Å². The molecule has 0 bridgehead atoms. The molecule has 0 aromatic rings. The van der Waals surface area contributed by atoms with Gasteiger partial charge in [-0.3, -0.25) is 4.79 Å². The van der Waals surface area contributed by atoms with Crippen molar-refractivity contribution in [2.24, 2.45) is 5.92 Å². The zero-order valence-electron chi connectivity index (χ0n) is 14.3. The molecule has 1 fully saturated rings. The Hall–Kier alpha value is -0.553. The zero-order chi connectivity index (χ0) is 15.3. The molecule has 0 saturated heterocycles. The van der Waals surface area contributed by atoms with Crippen LogP contribution < -0.4 is 0 Å². The third kappa shape index (κ3) is 3.76. The first kappa shape index (κ1) is 17.5. The third-order valence-electron chi connectivity index (χ3n) is 5.24. The van der Waals surface area contributed by atoms with E-state index in [1.807, 2.05) is 0 Å². The van der Waals surface area contributed by atoms with Crippen molar-refractivity contribution in [1.82, 2.24) is 0 Å². The molecule has 2 heteroatoms. The first-order valence-electron chi connectivity index (χ1n) is 8.39. The SMILES string of the molecule is CC(C)[Si](C#CC(=O)C1CCCCC1)(C(C)C)C(C)C. The molecule has 1 rings (SSSR count). The number of Topliss-reactive ketones (excluding diaryl/α,β-unsaturated/α-hetero) is 1. The monoisotopic (exact) mass is 292 g/mol. The van der Waals surface area contributed by atoms with Crippen LogP contribution in [0.25, 0.3) is 0 Å². The van der Waals surface area contributed by atoms with Crippen LogP contribution in [0.5, 0.6) is 0 Å². The topological polar surface area (TPSA) is 17.1 Å². The van der Waals surface area contributed by atoms with Crippen molar-refractivity contribution in [2.75, 3.05) is 0 Å². The van der Waals surface area contributed by atoms with E-state index in [1.54, 1.807) is 0 Å². The van der Waals surface area contributed by atoms with E-state index in [1.165, 1.54) is 19.3 Å². The second-order valence-electron chi connectivity index (χ2n) is 7.35. The molecular weight excluding hydrogens is 260 g/mol. The van der Waals surface area contributed by atoms with E-state index in [0.29, 0.717) is 16.6 Å². The molecule has 1 aliphatic rings. The Labute approximate surface area is 126 Å². The highest BCUT2D eigenvalue weighted by Crippen LogP contribution is 2.40. The molecule has 0 spiro atoms. The molecule has 1 saturated carbocycles. The molecule has 0 aromatic heterocycles. The van der Waals surface area contributed by atoms with Crippen molar-refractivity contribution in [3.8, 4) is 11.5 Å². The summed E-state index contributed by atoms with van der Waals surface area (Å²) in [5.74, 6) is 3.57. The summed E-state index contributed by atoms with van der Waals surface area (Å²) in [7, 11) is -1.74.